The maximum absolute atomic E-state index is 12.3. The molecule has 1 unspecified atom stereocenters. The normalized spacial score (nSPS) is 17.1. The van der Waals surface area contributed by atoms with E-state index in [1.807, 2.05) is 21.1 Å². The topological polar surface area (TPSA) is 63.2 Å². The number of guanidine groups is 1. The molecule has 7 nitrogen and oxygen atoms in total. The predicted molar refractivity (Wildman–Crippen MR) is 126 cm³/mol. The van der Waals surface area contributed by atoms with Crippen molar-refractivity contribution in [1.82, 2.24) is 20.4 Å². The number of anilines is 1. The highest BCUT2D eigenvalue weighted by molar-refractivity contribution is 5.81. The van der Waals surface area contributed by atoms with Crippen molar-refractivity contribution in [2.75, 3.05) is 65.3 Å². The number of para-hydroxylation sites is 1. The molecule has 0 saturated carbocycles. The van der Waals surface area contributed by atoms with Gasteiger partial charge in [0.15, 0.2) is 5.96 Å². The van der Waals surface area contributed by atoms with Crippen LogP contribution in [0, 0.1) is 0 Å². The fourth-order valence-electron chi connectivity index (χ4n) is 3.97. The Morgan fingerprint density at radius 2 is 1.87 bits per heavy atom. The second-order valence-corrected chi connectivity index (χ2v) is 7.97. The van der Waals surface area contributed by atoms with Crippen molar-refractivity contribution in [1.29, 1.82) is 0 Å². The Balaban J connectivity index is 1.62. The van der Waals surface area contributed by atoms with E-state index in [1.165, 1.54) is 5.69 Å². The smallest absolute Gasteiger partial charge is 0.239 e. The van der Waals surface area contributed by atoms with E-state index in [0.29, 0.717) is 0 Å². The van der Waals surface area contributed by atoms with Gasteiger partial charge in [-0.15, -0.1) is 0 Å². The van der Waals surface area contributed by atoms with Gasteiger partial charge in [-0.05, 0) is 51.3 Å². The van der Waals surface area contributed by atoms with Crippen molar-refractivity contribution in [3.05, 3.63) is 30.3 Å². The molecule has 0 radical (unpaired) electrons. The van der Waals surface area contributed by atoms with Crippen LogP contribution >= 0.6 is 0 Å². The number of hydrogen-bond donors (Lipinski definition) is 2. The highest BCUT2D eigenvalue weighted by Crippen LogP contribution is 2.18. The fraction of sp³-hybridized carbons (Fsp3) is 0.652. The third-order valence-corrected chi connectivity index (χ3v) is 5.63. The first-order valence-corrected chi connectivity index (χ1v) is 11.3. The first-order chi connectivity index (χ1) is 14.6. The molecule has 1 saturated heterocycles. The second-order valence-electron chi connectivity index (χ2n) is 7.97. The number of carbonyl (C=O) groups excluding carboxylic acids is 1. The molecule has 1 amide bonds. The van der Waals surface area contributed by atoms with E-state index in [1.54, 1.807) is 4.90 Å². The van der Waals surface area contributed by atoms with Crippen molar-refractivity contribution in [3.8, 4) is 0 Å². The first-order valence-electron chi connectivity index (χ1n) is 11.3. The molecule has 2 N–H and O–H groups in total. The zero-order valence-electron chi connectivity index (χ0n) is 19.2. The van der Waals surface area contributed by atoms with Gasteiger partial charge in [-0.25, -0.2) is 0 Å². The van der Waals surface area contributed by atoms with E-state index in [2.05, 4.69) is 62.7 Å². The van der Waals surface area contributed by atoms with Gasteiger partial charge in [0.2, 0.25) is 5.91 Å². The highest BCUT2D eigenvalue weighted by atomic mass is 16.2. The van der Waals surface area contributed by atoms with Crippen LogP contribution in [0.25, 0.3) is 0 Å². The van der Waals surface area contributed by atoms with Crippen LogP contribution in [0.5, 0.6) is 0 Å². The molecule has 0 aliphatic carbocycles. The number of hydrogen-bond acceptors (Lipinski definition) is 4. The van der Waals surface area contributed by atoms with Gasteiger partial charge in [-0.2, -0.15) is 0 Å². The summed E-state index contributed by atoms with van der Waals surface area (Å²) in [5.74, 6) is 1.08. The molecule has 1 aliphatic heterocycles. The summed E-state index contributed by atoms with van der Waals surface area (Å²) in [6.07, 6.45) is 4.13. The lowest BCUT2D eigenvalue weighted by Gasteiger charge is -2.26. The number of aliphatic imine (C=N–C) groups is 1. The SMILES string of the molecule is CCN(CCCNC(=NC)NCCCN1CCCC1C(=O)N(C)C)c1ccccc1. The number of benzene rings is 1. The molecule has 1 atom stereocenters. The van der Waals surface area contributed by atoms with E-state index < -0.39 is 0 Å². The Labute approximate surface area is 182 Å². The highest BCUT2D eigenvalue weighted by Gasteiger charge is 2.30. The third kappa shape index (κ3) is 7.52. The van der Waals surface area contributed by atoms with Crippen LogP contribution in [-0.4, -0.2) is 88.1 Å². The molecule has 168 valence electrons. The van der Waals surface area contributed by atoms with E-state index in [9.17, 15) is 4.79 Å². The van der Waals surface area contributed by atoms with Gasteiger partial charge in [0.25, 0.3) is 0 Å². The van der Waals surface area contributed by atoms with Gasteiger partial charge >= 0.3 is 0 Å². The van der Waals surface area contributed by atoms with Crippen LogP contribution in [0.1, 0.15) is 32.6 Å². The molecule has 30 heavy (non-hydrogen) atoms. The first kappa shape index (κ1) is 24.0. The van der Waals surface area contributed by atoms with Gasteiger partial charge in [0.05, 0.1) is 6.04 Å². The van der Waals surface area contributed by atoms with Gasteiger partial charge < -0.3 is 20.4 Å². The molecule has 1 aromatic carbocycles. The minimum atomic E-state index is 0.0589. The van der Waals surface area contributed by atoms with E-state index >= 15 is 0 Å². The van der Waals surface area contributed by atoms with Crippen LogP contribution in [0.3, 0.4) is 0 Å². The van der Waals surface area contributed by atoms with Crippen LogP contribution in [0.15, 0.2) is 35.3 Å². The Kier molecular flexibility index (Phi) is 10.5. The average molecular weight is 417 g/mol. The summed E-state index contributed by atoms with van der Waals surface area (Å²) in [6, 6.07) is 10.6. The third-order valence-electron chi connectivity index (χ3n) is 5.63. The number of nitrogens with zero attached hydrogens (tertiary/aromatic N) is 4. The van der Waals surface area contributed by atoms with Crippen molar-refractivity contribution in [2.24, 2.45) is 4.99 Å². The minimum absolute atomic E-state index is 0.0589. The Bertz CT molecular complexity index is 648. The summed E-state index contributed by atoms with van der Waals surface area (Å²) < 4.78 is 0. The molecule has 1 aliphatic rings. The average Bonchev–Trinajstić information content (AvgIpc) is 3.23. The van der Waals surface area contributed by atoms with E-state index in [0.717, 1.165) is 70.9 Å². The number of likely N-dealkylation sites (tertiary alicyclic amines) is 1. The number of likely N-dealkylation sites (N-methyl/N-ethyl adjacent to an activating group) is 1. The summed E-state index contributed by atoms with van der Waals surface area (Å²) in [5.41, 5.74) is 1.27. The van der Waals surface area contributed by atoms with E-state index in [4.69, 9.17) is 0 Å². The molecule has 0 spiro atoms. The lowest BCUT2D eigenvalue weighted by atomic mass is 10.2. The number of rotatable bonds is 11. The summed E-state index contributed by atoms with van der Waals surface area (Å²) in [5, 5.41) is 6.81. The molecule has 2 rings (SSSR count). The quantitative estimate of drug-likeness (QED) is 0.328. The van der Waals surface area contributed by atoms with Crippen molar-refractivity contribution in [2.45, 2.75) is 38.6 Å². The van der Waals surface area contributed by atoms with Crippen molar-refractivity contribution < 1.29 is 4.79 Å². The van der Waals surface area contributed by atoms with Gasteiger partial charge in [-0.3, -0.25) is 14.7 Å². The van der Waals surface area contributed by atoms with Crippen molar-refractivity contribution >= 4 is 17.6 Å². The maximum atomic E-state index is 12.3. The Morgan fingerprint density at radius 1 is 1.17 bits per heavy atom. The fourth-order valence-corrected chi connectivity index (χ4v) is 3.97. The number of amides is 1. The minimum Gasteiger partial charge on any atom is -0.372 e. The molecular weight excluding hydrogens is 376 g/mol. The summed E-state index contributed by atoms with van der Waals surface area (Å²) in [6.45, 7) is 7.91. The zero-order valence-corrected chi connectivity index (χ0v) is 19.2. The van der Waals surface area contributed by atoms with E-state index in [-0.39, 0.29) is 11.9 Å². The number of nitrogens with one attached hydrogen (secondary N) is 2. The molecule has 1 aromatic rings. The number of carbonyl (C=O) groups is 1. The van der Waals surface area contributed by atoms with Crippen LogP contribution in [0.2, 0.25) is 0 Å². The molecule has 0 bridgehead atoms. The van der Waals surface area contributed by atoms with Crippen LogP contribution < -0.4 is 15.5 Å². The largest absolute Gasteiger partial charge is 0.372 e. The molecule has 0 aromatic heterocycles. The summed E-state index contributed by atoms with van der Waals surface area (Å²) >= 11 is 0. The summed E-state index contributed by atoms with van der Waals surface area (Å²) in [4.78, 5) is 23.0. The maximum Gasteiger partial charge on any atom is 0.239 e. The molecule has 7 heteroatoms. The van der Waals surface area contributed by atoms with Gasteiger partial charge in [-0.1, -0.05) is 18.2 Å². The predicted octanol–water partition coefficient (Wildman–Crippen LogP) is 2.01. The van der Waals surface area contributed by atoms with Crippen LogP contribution in [-0.2, 0) is 4.79 Å². The lowest BCUT2D eigenvalue weighted by molar-refractivity contribution is -0.133. The van der Waals surface area contributed by atoms with Crippen LogP contribution in [0.4, 0.5) is 5.69 Å². The zero-order chi connectivity index (χ0) is 21.8. The standard InChI is InChI=1S/C23H40N6O/c1-5-28(20-12-7-6-8-13-20)18-10-15-25-23(24-2)26-16-11-19-29-17-9-14-21(29)22(30)27(3)4/h6-8,12-13,21H,5,9-11,14-19H2,1-4H3,(H2,24,25,26). The monoisotopic (exact) mass is 416 g/mol. The summed E-state index contributed by atoms with van der Waals surface area (Å²) in [7, 11) is 5.50. The molecule has 1 fully saturated rings. The Hall–Kier alpha value is -2.28. The van der Waals surface area contributed by atoms with Gasteiger partial charge in [0.1, 0.15) is 0 Å². The Morgan fingerprint density at radius 3 is 2.50 bits per heavy atom. The molecule has 1 heterocycles. The van der Waals surface area contributed by atoms with Gasteiger partial charge in [0, 0.05) is 59.6 Å². The second kappa shape index (κ2) is 13.1. The lowest BCUT2D eigenvalue weighted by Crippen LogP contribution is -2.44. The molecular formula is C23H40N6O. The van der Waals surface area contributed by atoms with Crippen molar-refractivity contribution in [3.63, 3.8) is 0 Å².